The number of ether oxygens (including phenoxy) is 2. The van der Waals surface area contributed by atoms with E-state index in [1.165, 1.54) is 20.5 Å². The van der Waals surface area contributed by atoms with E-state index < -0.39 is 10.2 Å². The molecule has 0 bridgehead atoms. The third-order valence-electron chi connectivity index (χ3n) is 4.27. The minimum atomic E-state index is -3.66. The van der Waals surface area contributed by atoms with Crippen molar-refractivity contribution in [3.63, 3.8) is 0 Å². The van der Waals surface area contributed by atoms with Gasteiger partial charge in [0, 0.05) is 24.7 Å². The van der Waals surface area contributed by atoms with Crippen molar-refractivity contribution in [2.45, 2.75) is 6.42 Å². The zero-order valence-electron chi connectivity index (χ0n) is 16.3. The molecule has 2 aromatic carbocycles. The van der Waals surface area contributed by atoms with Crippen LogP contribution in [0.15, 0.2) is 54.9 Å². The first kappa shape index (κ1) is 20.6. The third-order valence-corrected chi connectivity index (χ3v) is 5.29. The van der Waals surface area contributed by atoms with Crippen molar-refractivity contribution in [1.82, 2.24) is 14.7 Å². The van der Waals surface area contributed by atoms with E-state index in [9.17, 15) is 8.42 Å². The fraction of sp³-hybridized carbons (Fsp3) is 0.200. The molecule has 2 N–H and O–H groups in total. The van der Waals surface area contributed by atoms with Crippen molar-refractivity contribution in [1.29, 1.82) is 0 Å². The molecule has 0 saturated carbocycles. The summed E-state index contributed by atoms with van der Waals surface area (Å²) in [6.45, 7) is 0. The van der Waals surface area contributed by atoms with Crippen molar-refractivity contribution in [2.75, 3.05) is 26.0 Å². The van der Waals surface area contributed by atoms with Gasteiger partial charge in [0.15, 0.2) is 0 Å². The Morgan fingerprint density at radius 3 is 2.45 bits per heavy atom. The number of rotatable bonds is 8. The Balaban J connectivity index is 1.91. The number of nitrogens with one attached hydrogen (secondary N) is 2. The molecular formula is C20H22N4O4S. The Kier molecular flexibility index (Phi) is 6.30. The number of hydrogen-bond donors (Lipinski definition) is 2. The molecule has 3 rings (SSSR count). The Bertz CT molecular complexity index is 1100. The lowest BCUT2D eigenvalue weighted by Crippen LogP contribution is -2.26. The molecule has 0 aliphatic rings. The van der Waals surface area contributed by atoms with Crippen LogP contribution < -0.4 is 18.9 Å². The molecule has 1 aromatic heterocycles. The Hall–Kier alpha value is -3.17. The zero-order chi connectivity index (χ0) is 20.9. The van der Waals surface area contributed by atoms with Crippen LogP contribution in [0.25, 0.3) is 11.3 Å². The fourth-order valence-corrected chi connectivity index (χ4v) is 3.40. The molecule has 3 aromatic rings. The Morgan fingerprint density at radius 1 is 0.966 bits per heavy atom. The largest absolute Gasteiger partial charge is 0.496 e. The van der Waals surface area contributed by atoms with Crippen molar-refractivity contribution in [3.8, 4) is 22.8 Å². The number of anilines is 1. The Labute approximate surface area is 170 Å². The Morgan fingerprint density at radius 2 is 1.72 bits per heavy atom. The van der Waals surface area contributed by atoms with Crippen molar-refractivity contribution in [3.05, 3.63) is 66.1 Å². The third kappa shape index (κ3) is 5.01. The van der Waals surface area contributed by atoms with Crippen LogP contribution in [0.4, 0.5) is 5.69 Å². The second kappa shape index (κ2) is 8.89. The van der Waals surface area contributed by atoms with Gasteiger partial charge in [-0.1, -0.05) is 18.2 Å². The minimum absolute atomic E-state index is 0.346. The van der Waals surface area contributed by atoms with Gasteiger partial charge in [0.25, 0.3) is 10.2 Å². The maximum atomic E-state index is 11.9. The minimum Gasteiger partial charge on any atom is -0.496 e. The van der Waals surface area contributed by atoms with Crippen LogP contribution in [0.3, 0.4) is 0 Å². The van der Waals surface area contributed by atoms with Crippen LogP contribution >= 0.6 is 0 Å². The highest BCUT2D eigenvalue weighted by atomic mass is 32.2. The molecule has 1 heterocycles. The van der Waals surface area contributed by atoms with Gasteiger partial charge >= 0.3 is 0 Å². The van der Waals surface area contributed by atoms with E-state index in [0.717, 1.165) is 28.3 Å². The van der Waals surface area contributed by atoms with Crippen LogP contribution in [0.2, 0.25) is 0 Å². The normalized spacial score (nSPS) is 11.1. The summed E-state index contributed by atoms with van der Waals surface area (Å²) in [5.41, 5.74) is 3.61. The second-order valence-corrected chi connectivity index (χ2v) is 7.74. The highest BCUT2D eigenvalue weighted by Crippen LogP contribution is 2.30. The number of methoxy groups -OCH3 is 2. The zero-order valence-corrected chi connectivity index (χ0v) is 17.2. The van der Waals surface area contributed by atoms with Crippen LogP contribution in [0.1, 0.15) is 11.3 Å². The quantitative estimate of drug-likeness (QED) is 0.587. The first-order chi connectivity index (χ1) is 14.0. The van der Waals surface area contributed by atoms with Gasteiger partial charge < -0.3 is 9.47 Å². The van der Waals surface area contributed by atoms with Crippen LogP contribution in [-0.2, 0) is 16.6 Å². The van der Waals surface area contributed by atoms with Crippen LogP contribution in [0, 0.1) is 0 Å². The van der Waals surface area contributed by atoms with Gasteiger partial charge in [0.2, 0.25) is 0 Å². The summed E-state index contributed by atoms with van der Waals surface area (Å²) in [4.78, 5) is 8.70. The van der Waals surface area contributed by atoms with Gasteiger partial charge in [-0.25, -0.2) is 14.7 Å². The average Bonchev–Trinajstić information content (AvgIpc) is 2.74. The molecule has 0 radical (unpaired) electrons. The summed E-state index contributed by atoms with van der Waals surface area (Å²) in [6.07, 6.45) is 1.99. The van der Waals surface area contributed by atoms with E-state index in [1.807, 2.05) is 36.4 Å². The van der Waals surface area contributed by atoms with E-state index in [2.05, 4.69) is 19.4 Å². The summed E-state index contributed by atoms with van der Waals surface area (Å²) in [7, 11) is 0.767. The lowest BCUT2D eigenvalue weighted by Gasteiger charge is -2.13. The smallest absolute Gasteiger partial charge is 0.298 e. The molecule has 8 nitrogen and oxygen atoms in total. The fourth-order valence-electron chi connectivity index (χ4n) is 2.85. The van der Waals surface area contributed by atoms with Gasteiger partial charge in [-0.3, -0.25) is 4.72 Å². The molecule has 152 valence electrons. The molecule has 0 unspecified atom stereocenters. The maximum absolute atomic E-state index is 11.9. The number of aromatic nitrogens is 2. The first-order valence-corrected chi connectivity index (χ1v) is 10.3. The molecule has 0 fully saturated rings. The van der Waals surface area contributed by atoms with Crippen molar-refractivity contribution in [2.24, 2.45) is 0 Å². The SMILES string of the molecule is CNS(=O)(=O)Nc1cc(Cc2cc(-c3ccccc3OC)ncn2)ccc1OC. The molecule has 0 spiro atoms. The van der Waals surface area contributed by atoms with Crippen LogP contribution in [-0.4, -0.2) is 39.7 Å². The van der Waals surface area contributed by atoms with Gasteiger partial charge in [0.1, 0.15) is 17.8 Å². The molecule has 0 amide bonds. The summed E-state index contributed by atoms with van der Waals surface area (Å²) < 4.78 is 39.0. The van der Waals surface area contributed by atoms with Crippen LogP contribution in [0.5, 0.6) is 11.5 Å². The van der Waals surface area contributed by atoms with Crippen molar-refractivity contribution >= 4 is 15.9 Å². The number of benzene rings is 2. The summed E-state index contributed by atoms with van der Waals surface area (Å²) >= 11 is 0. The van der Waals surface area contributed by atoms with E-state index in [1.54, 1.807) is 19.2 Å². The highest BCUT2D eigenvalue weighted by molar-refractivity contribution is 7.90. The lowest BCUT2D eigenvalue weighted by molar-refractivity contribution is 0.416. The van der Waals surface area contributed by atoms with E-state index in [4.69, 9.17) is 9.47 Å². The summed E-state index contributed by atoms with van der Waals surface area (Å²) in [6, 6.07) is 14.8. The van der Waals surface area contributed by atoms with Gasteiger partial charge in [0.05, 0.1) is 25.6 Å². The maximum Gasteiger partial charge on any atom is 0.298 e. The summed E-state index contributed by atoms with van der Waals surface area (Å²) in [5, 5.41) is 0. The van der Waals surface area contributed by atoms with E-state index >= 15 is 0 Å². The molecular weight excluding hydrogens is 392 g/mol. The second-order valence-electron chi connectivity index (χ2n) is 6.12. The molecule has 0 aliphatic heterocycles. The number of nitrogens with zero attached hydrogens (tertiary/aromatic N) is 2. The van der Waals surface area contributed by atoms with E-state index in [0.29, 0.717) is 17.9 Å². The molecule has 0 aliphatic carbocycles. The molecule has 0 atom stereocenters. The summed E-state index contributed by atoms with van der Waals surface area (Å²) in [5.74, 6) is 1.15. The average molecular weight is 414 g/mol. The highest BCUT2D eigenvalue weighted by Gasteiger charge is 2.13. The van der Waals surface area contributed by atoms with Gasteiger partial charge in [-0.2, -0.15) is 8.42 Å². The number of para-hydroxylation sites is 1. The number of hydrogen-bond acceptors (Lipinski definition) is 6. The van der Waals surface area contributed by atoms with Gasteiger partial charge in [-0.15, -0.1) is 0 Å². The van der Waals surface area contributed by atoms with Gasteiger partial charge in [-0.05, 0) is 35.9 Å². The predicted molar refractivity (Wildman–Crippen MR) is 111 cm³/mol. The molecule has 0 saturated heterocycles. The topological polar surface area (TPSA) is 102 Å². The monoisotopic (exact) mass is 414 g/mol. The van der Waals surface area contributed by atoms with E-state index in [-0.39, 0.29) is 0 Å². The first-order valence-electron chi connectivity index (χ1n) is 8.78. The molecule has 9 heteroatoms. The standard InChI is InChI=1S/C20H22N4O4S/c1-21-29(25,26)24-18-11-14(8-9-20(18)28-3)10-15-12-17(23-13-22-15)16-6-4-5-7-19(16)27-2/h4-9,11-13,21,24H,10H2,1-3H3. The lowest BCUT2D eigenvalue weighted by atomic mass is 10.1. The molecule has 29 heavy (non-hydrogen) atoms. The predicted octanol–water partition coefficient (Wildman–Crippen LogP) is 2.63. The van der Waals surface area contributed by atoms with Crippen molar-refractivity contribution < 1.29 is 17.9 Å².